The minimum Gasteiger partial charge on any atom is -0.462 e. The standard InChI is InChI=1S/C45H85O19P3/c1-3-5-7-9-11-13-15-17-19-21-23-25-27-29-31-33-38(46)59-35-37(61-39(47)34-32-30-28-26-24-22-20-18-16-14-12-10-8-6-4-2)36-60-67(57,58)64-43-40(48)41(49)44(62-65(51,52)53)45(42(43)50)63-66(54,55)56/h17-20,37,40-45,48-50H,3-16,21-36H2,1-2H3,(H,57,58)(H2,51,52,53)(H2,54,55,56)/b19-17-,20-18-/t37-,40+,41-,42-,43+,44+,45+/m0/s1. The van der Waals surface area contributed by atoms with Gasteiger partial charge < -0.3 is 49.3 Å². The smallest absolute Gasteiger partial charge is 0.462 e. The quantitative estimate of drug-likeness (QED) is 0.0122. The number of phosphoric acid groups is 3. The second-order valence-electron chi connectivity index (χ2n) is 17.4. The summed E-state index contributed by atoms with van der Waals surface area (Å²) >= 11 is 0. The molecule has 67 heavy (non-hydrogen) atoms. The summed E-state index contributed by atoms with van der Waals surface area (Å²) in [7, 11) is -16.6. The molecule has 0 bridgehead atoms. The Labute approximate surface area is 398 Å². The monoisotopic (exact) mass is 1020 g/mol. The Balaban J connectivity index is 2.73. The van der Waals surface area contributed by atoms with E-state index in [1.807, 2.05) is 0 Å². The van der Waals surface area contributed by atoms with Crippen LogP contribution in [0.5, 0.6) is 0 Å². The first kappa shape index (κ1) is 63.6. The van der Waals surface area contributed by atoms with E-state index >= 15 is 0 Å². The first-order chi connectivity index (χ1) is 31.8. The predicted molar refractivity (Wildman–Crippen MR) is 252 cm³/mol. The van der Waals surface area contributed by atoms with E-state index in [-0.39, 0.29) is 12.8 Å². The molecule has 0 heterocycles. The van der Waals surface area contributed by atoms with Gasteiger partial charge in [-0.05, 0) is 64.2 Å². The molecule has 22 heteroatoms. The SMILES string of the molecule is CCCCCCCC/C=C\CCCCCCCC(=O)OC[C@@H](COP(=O)(O)O[C@@H]1[C@H](O)[C@H](O)[C@@H](OP(=O)(O)O)[C@H](OP(=O)(O)O)[C@H]1O)OC(=O)CCCCCCC/C=C\CCCCCCCC. The molecular weight excluding hydrogens is 937 g/mol. The van der Waals surface area contributed by atoms with E-state index in [1.165, 1.54) is 77.0 Å². The third-order valence-electron chi connectivity index (χ3n) is 11.2. The van der Waals surface area contributed by atoms with Gasteiger partial charge in [-0.15, -0.1) is 0 Å². The summed E-state index contributed by atoms with van der Waals surface area (Å²) in [6.07, 6.45) is 20.5. The lowest BCUT2D eigenvalue weighted by molar-refractivity contribution is -0.213. The number of phosphoric ester groups is 3. The Morgan fingerprint density at radius 1 is 0.463 bits per heavy atom. The van der Waals surface area contributed by atoms with Crippen molar-refractivity contribution in [2.45, 2.75) is 236 Å². The summed E-state index contributed by atoms with van der Waals surface area (Å²) < 4.78 is 65.5. The van der Waals surface area contributed by atoms with Gasteiger partial charge in [-0.1, -0.05) is 141 Å². The molecule has 1 aliphatic carbocycles. The van der Waals surface area contributed by atoms with Gasteiger partial charge in [-0.2, -0.15) is 0 Å². The van der Waals surface area contributed by atoms with Crippen LogP contribution in [-0.4, -0.2) is 108 Å². The lowest BCUT2D eigenvalue weighted by Crippen LogP contribution is -2.65. The molecule has 0 radical (unpaired) electrons. The van der Waals surface area contributed by atoms with Gasteiger partial charge in [0.05, 0.1) is 6.61 Å². The third-order valence-corrected chi connectivity index (χ3v) is 13.3. The van der Waals surface area contributed by atoms with E-state index in [2.05, 4.69) is 47.2 Å². The van der Waals surface area contributed by atoms with Gasteiger partial charge in [0.1, 0.15) is 43.2 Å². The summed E-state index contributed by atoms with van der Waals surface area (Å²) in [5.41, 5.74) is 0. The Morgan fingerprint density at radius 2 is 0.821 bits per heavy atom. The summed E-state index contributed by atoms with van der Waals surface area (Å²) in [5.74, 6) is -1.31. The number of esters is 2. The van der Waals surface area contributed by atoms with Crippen molar-refractivity contribution >= 4 is 35.4 Å². The maximum Gasteiger partial charge on any atom is 0.472 e. The molecule has 0 aliphatic heterocycles. The van der Waals surface area contributed by atoms with Crippen LogP contribution in [0.4, 0.5) is 0 Å². The topological polar surface area (TPSA) is 303 Å². The molecule has 0 spiro atoms. The van der Waals surface area contributed by atoms with Gasteiger partial charge in [0.25, 0.3) is 0 Å². The van der Waals surface area contributed by atoms with Gasteiger partial charge >= 0.3 is 35.4 Å². The molecule has 0 aromatic heterocycles. The number of carbonyl (C=O) groups is 2. The van der Waals surface area contributed by atoms with Crippen LogP contribution in [0.2, 0.25) is 0 Å². The molecule has 394 valence electrons. The number of aliphatic hydroxyl groups is 3. The molecule has 1 unspecified atom stereocenters. The Morgan fingerprint density at radius 3 is 1.24 bits per heavy atom. The third kappa shape index (κ3) is 33.8. The summed E-state index contributed by atoms with van der Waals surface area (Å²) in [6, 6.07) is 0. The van der Waals surface area contributed by atoms with E-state index in [4.69, 9.17) is 18.5 Å². The minimum atomic E-state index is -5.60. The van der Waals surface area contributed by atoms with E-state index in [9.17, 15) is 63.1 Å². The van der Waals surface area contributed by atoms with Crippen molar-refractivity contribution < 1.29 is 90.6 Å². The molecule has 1 saturated carbocycles. The normalized spacial score (nSPS) is 21.8. The van der Waals surface area contributed by atoms with Crippen molar-refractivity contribution in [3.63, 3.8) is 0 Å². The highest BCUT2D eigenvalue weighted by Gasteiger charge is 2.56. The van der Waals surface area contributed by atoms with E-state index < -0.39 is 91.3 Å². The number of allylic oxidation sites excluding steroid dienone is 4. The van der Waals surface area contributed by atoms with Crippen LogP contribution < -0.4 is 0 Å². The van der Waals surface area contributed by atoms with E-state index in [0.29, 0.717) is 12.8 Å². The van der Waals surface area contributed by atoms with Crippen LogP contribution >= 0.6 is 23.5 Å². The van der Waals surface area contributed by atoms with Gasteiger partial charge in [0.2, 0.25) is 0 Å². The minimum absolute atomic E-state index is 0.0119. The zero-order valence-electron chi connectivity index (χ0n) is 40.0. The molecule has 8 atom stereocenters. The fourth-order valence-corrected chi connectivity index (χ4v) is 9.61. The first-order valence-corrected chi connectivity index (χ1v) is 29.2. The van der Waals surface area contributed by atoms with Gasteiger partial charge in [-0.25, -0.2) is 13.7 Å². The van der Waals surface area contributed by atoms with Crippen molar-refractivity contribution in [1.29, 1.82) is 0 Å². The molecule has 1 fully saturated rings. The maximum absolute atomic E-state index is 13.1. The average molecular weight is 1020 g/mol. The number of carbonyl (C=O) groups excluding carboxylic acids is 2. The van der Waals surface area contributed by atoms with Crippen LogP contribution in [0.3, 0.4) is 0 Å². The summed E-state index contributed by atoms with van der Waals surface area (Å²) in [4.78, 5) is 73.2. The van der Waals surface area contributed by atoms with Crippen LogP contribution in [0.1, 0.15) is 194 Å². The Hall–Kier alpha value is -1.37. The van der Waals surface area contributed by atoms with Crippen molar-refractivity contribution in [1.82, 2.24) is 0 Å². The molecule has 0 saturated heterocycles. The predicted octanol–water partition coefficient (Wildman–Crippen LogP) is 9.07. The fraction of sp³-hybridized carbons (Fsp3) is 0.867. The van der Waals surface area contributed by atoms with Crippen LogP contribution in [0, 0.1) is 0 Å². The second-order valence-corrected chi connectivity index (χ2v) is 21.2. The molecule has 1 aliphatic rings. The van der Waals surface area contributed by atoms with Gasteiger partial charge in [-0.3, -0.25) is 27.7 Å². The van der Waals surface area contributed by atoms with Crippen molar-refractivity contribution in [3.8, 4) is 0 Å². The number of rotatable bonds is 42. The molecule has 19 nitrogen and oxygen atoms in total. The molecule has 8 N–H and O–H groups in total. The average Bonchev–Trinajstić information content (AvgIpc) is 3.25. The van der Waals surface area contributed by atoms with E-state index in [0.717, 1.165) is 77.0 Å². The highest BCUT2D eigenvalue weighted by molar-refractivity contribution is 7.47. The lowest BCUT2D eigenvalue weighted by atomic mass is 9.85. The van der Waals surface area contributed by atoms with Crippen molar-refractivity contribution in [2.24, 2.45) is 0 Å². The first-order valence-electron chi connectivity index (χ1n) is 24.6. The number of hydrogen-bond donors (Lipinski definition) is 8. The summed E-state index contributed by atoms with van der Waals surface area (Å²) in [5, 5.41) is 31.9. The van der Waals surface area contributed by atoms with Crippen LogP contribution in [0.25, 0.3) is 0 Å². The molecule has 0 aromatic rings. The van der Waals surface area contributed by atoms with E-state index in [1.54, 1.807) is 0 Å². The summed E-state index contributed by atoms with van der Waals surface area (Å²) in [6.45, 7) is 2.93. The molecular formula is C45H85O19P3. The molecule has 0 amide bonds. The zero-order chi connectivity index (χ0) is 50.0. The van der Waals surface area contributed by atoms with Crippen LogP contribution in [-0.2, 0) is 50.9 Å². The fourth-order valence-electron chi connectivity index (χ4n) is 7.51. The zero-order valence-corrected chi connectivity index (χ0v) is 42.7. The Bertz CT molecular complexity index is 1500. The second kappa shape index (κ2) is 37.4. The molecule has 1 rings (SSSR count). The van der Waals surface area contributed by atoms with Gasteiger partial charge in [0, 0.05) is 12.8 Å². The highest BCUT2D eigenvalue weighted by Crippen LogP contribution is 2.51. The van der Waals surface area contributed by atoms with Crippen molar-refractivity contribution in [2.75, 3.05) is 13.2 Å². The number of aliphatic hydroxyl groups excluding tert-OH is 3. The number of unbranched alkanes of at least 4 members (excludes halogenated alkanes) is 22. The largest absolute Gasteiger partial charge is 0.472 e. The number of hydrogen-bond acceptors (Lipinski definition) is 14. The van der Waals surface area contributed by atoms with Crippen molar-refractivity contribution in [3.05, 3.63) is 24.3 Å². The van der Waals surface area contributed by atoms with Crippen LogP contribution in [0.15, 0.2) is 24.3 Å². The highest BCUT2D eigenvalue weighted by atomic mass is 31.2. The molecule has 0 aromatic carbocycles. The van der Waals surface area contributed by atoms with Gasteiger partial charge in [0.15, 0.2) is 6.10 Å². The lowest BCUT2D eigenvalue weighted by Gasteiger charge is -2.44. The number of ether oxygens (including phenoxy) is 2. The Kier molecular flexibility index (Phi) is 35.5. The maximum atomic E-state index is 13.1.